The van der Waals surface area contributed by atoms with Crippen molar-refractivity contribution in [1.82, 2.24) is 30.4 Å². The fourth-order valence-corrected chi connectivity index (χ4v) is 3.72. The summed E-state index contributed by atoms with van der Waals surface area (Å²) in [6, 6.07) is 0. The van der Waals surface area contributed by atoms with Crippen molar-refractivity contribution in [2.24, 2.45) is 5.92 Å². The van der Waals surface area contributed by atoms with Crippen LogP contribution in [0.2, 0.25) is 0 Å². The highest BCUT2D eigenvalue weighted by atomic mass is 16.1. The summed E-state index contributed by atoms with van der Waals surface area (Å²) >= 11 is 0. The zero-order valence-electron chi connectivity index (χ0n) is 14.3. The van der Waals surface area contributed by atoms with Crippen LogP contribution >= 0.6 is 0 Å². The number of carbonyl (C=O) groups is 1. The summed E-state index contributed by atoms with van der Waals surface area (Å²) in [4.78, 5) is 21.0. The van der Waals surface area contributed by atoms with E-state index < -0.39 is 0 Å². The van der Waals surface area contributed by atoms with Gasteiger partial charge in [0.2, 0.25) is 5.91 Å². The fourth-order valence-electron chi connectivity index (χ4n) is 3.72. The van der Waals surface area contributed by atoms with Crippen LogP contribution in [0.4, 0.5) is 0 Å². The van der Waals surface area contributed by atoms with Crippen LogP contribution in [-0.4, -0.2) is 45.3 Å². The van der Waals surface area contributed by atoms with E-state index in [0.717, 1.165) is 49.2 Å². The lowest BCUT2D eigenvalue weighted by molar-refractivity contribution is -0.121. The van der Waals surface area contributed by atoms with Crippen molar-refractivity contribution in [3.8, 4) is 0 Å². The number of carbonyl (C=O) groups excluding carboxylic acids is 1. The fraction of sp³-hybridized carbons (Fsp3) is 0.556. The molecule has 1 fully saturated rings. The Labute approximate surface area is 146 Å². The van der Waals surface area contributed by atoms with E-state index in [1.54, 1.807) is 12.4 Å². The number of rotatable bonds is 6. The van der Waals surface area contributed by atoms with Gasteiger partial charge in [-0.15, -0.1) is 0 Å². The molecule has 0 bridgehead atoms. The number of fused-ring (bicyclic) bond motifs is 1. The molecule has 2 aliphatic rings. The van der Waals surface area contributed by atoms with Crippen molar-refractivity contribution >= 4 is 17.1 Å². The molecule has 0 radical (unpaired) electrons. The summed E-state index contributed by atoms with van der Waals surface area (Å²) in [5.74, 6) is 0.904. The molecule has 2 N–H and O–H groups in total. The number of aromatic nitrogens is 4. The number of hydrogen-bond acceptors (Lipinski definition) is 5. The van der Waals surface area contributed by atoms with E-state index in [2.05, 4.69) is 32.8 Å². The average Bonchev–Trinajstić information content (AvgIpc) is 3.36. The first-order valence-electron chi connectivity index (χ1n) is 9.13. The number of nitrogens with zero attached hydrogens (tertiary/aromatic N) is 4. The second-order valence-corrected chi connectivity index (χ2v) is 6.85. The van der Waals surface area contributed by atoms with Crippen LogP contribution in [0.3, 0.4) is 0 Å². The average molecular weight is 340 g/mol. The molecule has 2 aromatic heterocycles. The van der Waals surface area contributed by atoms with Crippen LogP contribution in [0.15, 0.2) is 24.5 Å². The van der Waals surface area contributed by atoms with E-state index in [1.807, 2.05) is 4.68 Å². The van der Waals surface area contributed by atoms with Crippen LogP contribution in [-0.2, 0) is 11.3 Å². The van der Waals surface area contributed by atoms with E-state index in [1.165, 1.54) is 0 Å². The minimum Gasteiger partial charge on any atom is -0.354 e. The van der Waals surface area contributed by atoms with Crippen molar-refractivity contribution in [3.63, 3.8) is 0 Å². The Morgan fingerprint density at radius 3 is 3.04 bits per heavy atom. The molecule has 0 unspecified atom stereocenters. The normalized spacial score (nSPS) is 22.7. The Morgan fingerprint density at radius 2 is 2.24 bits per heavy atom. The topological polar surface area (TPSA) is 84.7 Å². The number of amides is 1. The zero-order chi connectivity index (χ0) is 17.1. The molecule has 0 spiro atoms. The largest absolute Gasteiger partial charge is 0.354 e. The lowest BCUT2D eigenvalue weighted by Crippen LogP contribution is -2.28. The molecule has 0 aromatic carbocycles. The second-order valence-electron chi connectivity index (χ2n) is 6.85. The van der Waals surface area contributed by atoms with Gasteiger partial charge in [-0.05, 0) is 31.7 Å². The quantitative estimate of drug-likeness (QED) is 0.776. The summed E-state index contributed by atoms with van der Waals surface area (Å²) in [7, 11) is 0. The molecule has 4 rings (SSSR count). The van der Waals surface area contributed by atoms with Crippen molar-refractivity contribution in [2.45, 2.75) is 38.1 Å². The molecule has 2 atom stereocenters. The summed E-state index contributed by atoms with van der Waals surface area (Å²) in [5.41, 5.74) is 2.71. The maximum absolute atomic E-state index is 12.1. The van der Waals surface area contributed by atoms with Gasteiger partial charge in [0.05, 0.1) is 12.2 Å². The Morgan fingerprint density at radius 1 is 1.32 bits per heavy atom. The molecule has 1 aliphatic carbocycles. The molecular weight excluding hydrogens is 316 g/mol. The van der Waals surface area contributed by atoms with Gasteiger partial charge in [-0.3, -0.25) is 4.79 Å². The molecule has 25 heavy (non-hydrogen) atoms. The van der Waals surface area contributed by atoms with Crippen molar-refractivity contribution in [1.29, 1.82) is 0 Å². The predicted octanol–water partition coefficient (Wildman–Crippen LogP) is 1.38. The van der Waals surface area contributed by atoms with Crippen LogP contribution in [0.5, 0.6) is 0 Å². The number of allylic oxidation sites excluding steroid dienone is 2. The first-order chi connectivity index (χ1) is 12.3. The van der Waals surface area contributed by atoms with E-state index in [4.69, 9.17) is 5.10 Å². The predicted molar refractivity (Wildman–Crippen MR) is 95.0 cm³/mol. The molecule has 0 saturated carbocycles. The highest BCUT2D eigenvalue weighted by Gasteiger charge is 2.24. The third-order valence-corrected chi connectivity index (χ3v) is 5.05. The van der Waals surface area contributed by atoms with E-state index in [0.29, 0.717) is 31.3 Å². The first-order valence-corrected chi connectivity index (χ1v) is 9.13. The maximum Gasteiger partial charge on any atom is 0.220 e. The number of nitrogens with one attached hydrogen (secondary N) is 2. The smallest absolute Gasteiger partial charge is 0.220 e. The van der Waals surface area contributed by atoms with Crippen molar-refractivity contribution in [3.05, 3.63) is 30.2 Å². The monoisotopic (exact) mass is 340 g/mol. The van der Waals surface area contributed by atoms with Gasteiger partial charge in [0.25, 0.3) is 0 Å². The Hall–Kier alpha value is -2.28. The first kappa shape index (κ1) is 16.2. The second kappa shape index (κ2) is 7.31. The third kappa shape index (κ3) is 3.56. The van der Waals surface area contributed by atoms with E-state index in [-0.39, 0.29) is 5.91 Å². The summed E-state index contributed by atoms with van der Waals surface area (Å²) in [6.45, 7) is 3.13. The highest BCUT2D eigenvalue weighted by Crippen LogP contribution is 2.26. The van der Waals surface area contributed by atoms with Gasteiger partial charge in [-0.2, -0.15) is 5.10 Å². The molecule has 3 heterocycles. The summed E-state index contributed by atoms with van der Waals surface area (Å²) in [6.07, 6.45) is 11.6. The van der Waals surface area contributed by atoms with Crippen LogP contribution < -0.4 is 10.6 Å². The highest BCUT2D eigenvalue weighted by molar-refractivity contribution is 5.76. The molecular formula is C18H24N6O. The standard InChI is InChI=1S/C18H24N6O/c25-15(11-13-3-1-2-4-13)20-9-10-24-18-17(21-7-8-22-18)16(23-24)14-5-6-19-12-14/h1,3,7-8,13-14,19H,2,4-6,9-12H2,(H,20,25)/t13-,14+/m0/s1. The molecule has 132 valence electrons. The number of hydrogen-bond donors (Lipinski definition) is 2. The van der Waals surface area contributed by atoms with Gasteiger partial charge in [0, 0.05) is 37.8 Å². The van der Waals surface area contributed by atoms with Crippen LogP contribution in [0.25, 0.3) is 11.2 Å². The maximum atomic E-state index is 12.1. The lowest BCUT2D eigenvalue weighted by Gasteiger charge is -2.09. The Balaban J connectivity index is 1.41. The van der Waals surface area contributed by atoms with Crippen molar-refractivity contribution in [2.75, 3.05) is 19.6 Å². The molecule has 1 saturated heterocycles. The SMILES string of the molecule is O=C(C[C@H]1C=CCC1)NCCn1nc([C@@H]2CCNC2)c2nccnc21. The van der Waals surface area contributed by atoms with Gasteiger partial charge >= 0.3 is 0 Å². The van der Waals surface area contributed by atoms with Crippen LogP contribution in [0, 0.1) is 5.92 Å². The zero-order valence-corrected chi connectivity index (χ0v) is 14.3. The van der Waals surface area contributed by atoms with Gasteiger partial charge in [-0.1, -0.05) is 12.2 Å². The molecule has 1 aliphatic heterocycles. The van der Waals surface area contributed by atoms with Gasteiger partial charge in [0.1, 0.15) is 5.52 Å². The minimum atomic E-state index is 0.110. The van der Waals surface area contributed by atoms with Crippen LogP contribution in [0.1, 0.15) is 37.3 Å². The van der Waals surface area contributed by atoms with Gasteiger partial charge in [0.15, 0.2) is 5.65 Å². The lowest BCUT2D eigenvalue weighted by atomic mass is 10.0. The third-order valence-electron chi connectivity index (χ3n) is 5.05. The van der Waals surface area contributed by atoms with E-state index >= 15 is 0 Å². The molecule has 1 amide bonds. The Bertz CT molecular complexity index is 777. The van der Waals surface area contributed by atoms with Gasteiger partial charge in [-0.25, -0.2) is 14.6 Å². The molecule has 7 heteroatoms. The summed E-state index contributed by atoms with van der Waals surface area (Å²) in [5, 5.41) is 11.1. The molecule has 2 aromatic rings. The van der Waals surface area contributed by atoms with E-state index in [9.17, 15) is 4.79 Å². The summed E-state index contributed by atoms with van der Waals surface area (Å²) < 4.78 is 1.88. The molecule has 7 nitrogen and oxygen atoms in total. The Kier molecular flexibility index (Phi) is 4.74. The van der Waals surface area contributed by atoms with Crippen molar-refractivity contribution < 1.29 is 4.79 Å². The minimum absolute atomic E-state index is 0.110. The van der Waals surface area contributed by atoms with Gasteiger partial charge < -0.3 is 10.6 Å².